The summed E-state index contributed by atoms with van der Waals surface area (Å²) in [6.07, 6.45) is 1.98. The van der Waals surface area contributed by atoms with Crippen LogP contribution in [0.1, 0.15) is 12.8 Å². The van der Waals surface area contributed by atoms with Gasteiger partial charge in [-0.25, -0.2) is 9.69 Å². The average molecular weight is 285 g/mol. The molecule has 1 aliphatic heterocycles. The number of amides is 3. The lowest BCUT2D eigenvalue weighted by molar-refractivity contribution is -0.118. The minimum Gasteiger partial charge on any atom is -0.325 e. The summed E-state index contributed by atoms with van der Waals surface area (Å²) in [5, 5.41) is 3.43. The molecule has 0 bridgehead atoms. The Labute approximate surface area is 114 Å². The van der Waals surface area contributed by atoms with E-state index in [0.29, 0.717) is 15.7 Å². The summed E-state index contributed by atoms with van der Waals surface area (Å²) in [5.41, 5.74) is 0.454. The Morgan fingerprint density at radius 1 is 1.17 bits per heavy atom. The van der Waals surface area contributed by atoms with E-state index in [1.165, 1.54) is 6.07 Å². The fraction of sp³-hybridized carbons (Fsp3) is 0.333. The lowest BCUT2D eigenvalue weighted by Crippen LogP contribution is -2.32. The number of nitrogens with zero attached hydrogens (tertiary/aromatic N) is 1. The van der Waals surface area contributed by atoms with Crippen LogP contribution in [-0.2, 0) is 4.79 Å². The minimum absolute atomic E-state index is 0.208. The molecule has 1 atom stereocenters. The van der Waals surface area contributed by atoms with Crippen molar-refractivity contribution < 1.29 is 9.59 Å². The molecule has 94 valence electrons. The Kier molecular flexibility index (Phi) is 2.72. The number of imide groups is 1. The standard InChI is InChI=1S/C12H10Cl2N2O2/c13-8-4-3-7(5-9(8)14)16-11(17)10(6-1-2-6)15-12(16)18/h3-6,10H,1-2H2,(H,15,18). The fourth-order valence-corrected chi connectivity index (χ4v) is 2.41. The molecule has 0 radical (unpaired) electrons. The zero-order valence-electron chi connectivity index (χ0n) is 9.32. The van der Waals surface area contributed by atoms with E-state index in [-0.39, 0.29) is 17.9 Å². The number of anilines is 1. The quantitative estimate of drug-likeness (QED) is 0.849. The first-order chi connectivity index (χ1) is 8.58. The van der Waals surface area contributed by atoms with Crippen molar-refractivity contribution in [3.63, 3.8) is 0 Å². The average Bonchev–Trinajstić information content (AvgIpc) is 3.11. The van der Waals surface area contributed by atoms with Gasteiger partial charge in [-0.15, -0.1) is 0 Å². The molecule has 1 aromatic rings. The summed E-state index contributed by atoms with van der Waals surface area (Å²) in [5.74, 6) is 0.0788. The van der Waals surface area contributed by atoms with Gasteiger partial charge in [-0.3, -0.25) is 4.79 Å². The van der Waals surface area contributed by atoms with Crippen molar-refractivity contribution in [3.8, 4) is 0 Å². The van der Waals surface area contributed by atoms with E-state index in [1.54, 1.807) is 12.1 Å². The Balaban J connectivity index is 1.93. The second-order valence-corrected chi connectivity index (χ2v) is 5.35. The van der Waals surface area contributed by atoms with Crippen LogP contribution in [0.5, 0.6) is 0 Å². The fourth-order valence-electron chi connectivity index (χ4n) is 2.12. The highest BCUT2D eigenvalue weighted by atomic mass is 35.5. The Morgan fingerprint density at radius 2 is 1.89 bits per heavy atom. The molecule has 1 aliphatic carbocycles. The van der Waals surface area contributed by atoms with Gasteiger partial charge in [0.1, 0.15) is 6.04 Å². The van der Waals surface area contributed by atoms with Crippen molar-refractivity contribution in [2.45, 2.75) is 18.9 Å². The van der Waals surface area contributed by atoms with Crippen LogP contribution in [-0.4, -0.2) is 18.0 Å². The zero-order chi connectivity index (χ0) is 12.9. The third-order valence-electron chi connectivity index (χ3n) is 3.22. The van der Waals surface area contributed by atoms with Crippen molar-refractivity contribution >= 4 is 40.8 Å². The van der Waals surface area contributed by atoms with Gasteiger partial charge in [0.25, 0.3) is 5.91 Å². The molecular weight excluding hydrogens is 275 g/mol. The normalized spacial score (nSPS) is 23.4. The number of nitrogens with one attached hydrogen (secondary N) is 1. The van der Waals surface area contributed by atoms with Crippen LogP contribution in [0.25, 0.3) is 0 Å². The molecule has 1 saturated heterocycles. The predicted molar refractivity (Wildman–Crippen MR) is 69.0 cm³/mol. The number of benzene rings is 1. The Morgan fingerprint density at radius 3 is 2.50 bits per heavy atom. The van der Waals surface area contributed by atoms with E-state index >= 15 is 0 Å². The smallest absolute Gasteiger partial charge is 0.325 e. The monoisotopic (exact) mass is 284 g/mol. The van der Waals surface area contributed by atoms with Gasteiger partial charge in [-0.05, 0) is 37.0 Å². The maximum Gasteiger partial charge on any atom is 0.329 e. The van der Waals surface area contributed by atoms with Gasteiger partial charge in [0.05, 0.1) is 15.7 Å². The Hall–Kier alpha value is -1.26. The van der Waals surface area contributed by atoms with Crippen LogP contribution in [0.2, 0.25) is 10.0 Å². The number of hydrogen-bond donors (Lipinski definition) is 1. The van der Waals surface area contributed by atoms with Gasteiger partial charge in [0.15, 0.2) is 0 Å². The summed E-state index contributed by atoms with van der Waals surface area (Å²) in [6.45, 7) is 0. The van der Waals surface area contributed by atoms with Gasteiger partial charge < -0.3 is 5.32 Å². The second kappa shape index (κ2) is 4.14. The number of halogens is 2. The summed E-state index contributed by atoms with van der Waals surface area (Å²) in [6, 6.07) is 3.93. The SMILES string of the molecule is O=C1NC(C2CC2)C(=O)N1c1ccc(Cl)c(Cl)c1. The summed E-state index contributed by atoms with van der Waals surface area (Å²) in [4.78, 5) is 25.1. The highest BCUT2D eigenvalue weighted by Crippen LogP contribution is 2.37. The highest BCUT2D eigenvalue weighted by Gasteiger charge is 2.46. The summed E-state index contributed by atoms with van der Waals surface area (Å²) >= 11 is 11.7. The molecule has 1 heterocycles. The predicted octanol–water partition coefficient (Wildman–Crippen LogP) is 2.83. The molecule has 3 rings (SSSR count). The van der Waals surface area contributed by atoms with Crippen LogP contribution >= 0.6 is 23.2 Å². The molecule has 0 spiro atoms. The third-order valence-corrected chi connectivity index (χ3v) is 3.96. The number of carbonyl (C=O) groups is 2. The van der Waals surface area contributed by atoms with E-state index in [1.807, 2.05) is 0 Å². The van der Waals surface area contributed by atoms with E-state index in [2.05, 4.69) is 5.32 Å². The maximum absolute atomic E-state index is 12.2. The van der Waals surface area contributed by atoms with Crippen molar-refractivity contribution in [2.75, 3.05) is 4.90 Å². The first-order valence-corrected chi connectivity index (χ1v) is 6.43. The van der Waals surface area contributed by atoms with Crippen LogP contribution in [0.15, 0.2) is 18.2 Å². The molecule has 0 aromatic heterocycles. The number of carbonyl (C=O) groups excluding carboxylic acids is 2. The lowest BCUT2D eigenvalue weighted by atomic mass is 10.2. The zero-order valence-corrected chi connectivity index (χ0v) is 10.8. The highest BCUT2D eigenvalue weighted by molar-refractivity contribution is 6.42. The molecule has 6 heteroatoms. The number of urea groups is 1. The van der Waals surface area contributed by atoms with Gasteiger partial charge >= 0.3 is 6.03 Å². The van der Waals surface area contributed by atoms with Crippen LogP contribution < -0.4 is 10.2 Å². The molecule has 1 aromatic carbocycles. The lowest BCUT2D eigenvalue weighted by Gasteiger charge is -2.13. The van der Waals surface area contributed by atoms with Crippen LogP contribution in [0.3, 0.4) is 0 Å². The van der Waals surface area contributed by atoms with Crippen molar-refractivity contribution in [1.29, 1.82) is 0 Å². The largest absolute Gasteiger partial charge is 0.329 e. The molecule has 18 heavy (non-hydrogen) atoms. The third kappa shape index (κ3) is 1.85. The van der Waals surface area contributed by atoms with Gasteiger partial charge in [0, 0.05) is 0 Å². The molecule has 3 amide bonds. The maximum atomic E-state index is 12.2. The summed E-state index contributed by atoms with van der Waals surface area (Å²) < 4.78 is 0. The molecular formula is C12H10Cl2N2O2. The van der Waals surface area contributed by atoms with Crippen molar-refractivity contribution in [2.24, 2.45) is 5.92 Å². The van der Waals surface area contributed by atoms with Gasteiger partial charge in [0.2, 0.25) is 0 Å². The van der Waals surface area contributed by atoms with Crippen molar-refractivity contribution in [3.05, 3.63) is 28.2 Å². The van der Waals surface area contributed by atoms with E-state index < -0.39 is 6.03 Å². The molecule has 1 unspecified atom stereocenters. The second-order valence-electron chi connectivity index (χ2n) is 4.54. The van der Waals surface area contributed by atoms with Crippen LogP contribution in [0, 0.1) is 5.92 Å². The van der Waals surface area contributed by atoms with E-state index in [9.17, 15) is 9.59 Å². The van der Waals surface area contributed by atoms with Gasteiger partial charge in [-0.1, -0.05) is 23.2 Å². The molecule has 2 aliphatic rings. The summed E-state index contributed by atoms with van der Waals surface area (Å²) in [7, 11) is 0. The molecule has 1 N–H and O–H groups in total. The number of hydrogen-bond acceptors (Lipinski definition) is 2. The van der Waals surface area contributed by atoms with Gasteiger partial charge in [-0.2, -0.15) is 0 Å². The first-order valence-electron chi connectivity index (χ1n) is 5.67. The van der Waals surface area contributed by atoms with E-state index in [4.69, 9.17) is 23.2 Å². The minimum atomic E-state index is -0.393. The molecule has 1 saturated carbocycles. The molecule has 4 nitrogen and oxygen atoms in total. The molecule has 2 fully saturated rings. The van der Waals surface area contributed by atoms with Crippen LogP contribution in [0.4, 0.5) is 10.5 Å². The Bertz CT molecular complexity index is 543. The number of rotatable bonds is 2. The topological polar surface area (TPSA) is 49.4 Å². The van der Waals surface area contributed by atoms with Crippen molar-refractivity contribution in [1.82, 2.24) is 5.32 Å². The van der Waals surface area contributed by atoms with E-state index in [0.717, 1.165) is 17.7 Å². The first kappa shape index (κ1) is 11.8.